The quantitative estimate of drug-likeness (QED) is 0.449. The Morgan fingerprint density at radius 2 is 1.64 bits per heavy atom. The van der Waals surface area contributed by atoms with Crippen LogP contribution in [0.1, 0.15) is 30.9 Å². The standard InChI is InChI=1S/C27H32N4O5/c1-20(32)28-23-10-8-22(9-11-23)18-29-16-13-27(14-17-29)25(34)30(19-24(33)36-2)26(35)31(27)15-12-21-6-4-3-5-7-21/h3-11H,12-19H2,1-2H3,(H,28,32). The molecule has 0 saturated carbocycles. The minimum Gasteiger partial charge on any atom is -0.468 e. The molecule has 0 radical (unpaired) electrons. The number of nitrogens with zero attached hydrogens (tertiary/aromatic N) is 3. The van der Waals surface area contributed by atoms with Gasteiger partial charge >= 0.3 is 12.0 Å². The summed E-state index contributed by atoms with van der Waals surface area (Å²) in [6, 6.07) is 17.1. The number of amides is 4. The first-order valence-electron chi connectivity index (χ1n) is 12.2. The normalized spacial score (nSPS) is 17.5. The molecule has 0 aromatic heterocycles. The van der Waals surface area contributed by atoms with Crippen molar-refractivity contribution < 1.29 is 23.9 Å². The minimum absolute atomic E-state index is 0.113. The van der Waals surface area contributed by atoms with Crippen molar-refractivity contribution in [1.29, 1.82) is 0 Å². The van der Waals surface area contributed by atoms with Crippen molar-refractivity contribution in [3.63, 3.8) is 0 Å². The van der Waals surface area contributed by atoms with Crippen molar-refractivity contribution in [2.75, 3.05) is 38.6 Å². The maximum absolute atomic E-state index is 13.6. The molecular formula is C27H32N4O5. The number of hydrogen-bond acceptors (Lipinski definition) is 6. The van der Waals surface area contributed by atoms with E-state index in [-0.39, 0.29) is 18.4 Å². The zero-order valence-corrected chi connectivity index (χ0v) is 20.7. The Kier molecular flexibility index (Phi) is 7.69. The number of imide groups is 1. The van der Waals surface area contributed by atoms with Gasteiger partial charge in [0.15, 0.2) is 0 Å². The molecule has 1 spiro atoms. The molecule has 0 atom stereocenters. The molecule has 0 bridgehead atoms. The number of likely N-dealkylation sites (tertiary alicyclic amines) is 1. The summed E-state index contributed by atoms with van der Waals surface area (Å²) in [5, 5.41) is 2.76. The van der Waals surface area contributed by atoms with E-state index in [1.165, 1.54) is 14.0 Å². The second kappa shape index (κ2) is 10.9. The smallest absolute Gasteiger partial charge is 0.328 e. The zero-order valence-electron chi connectivity index (χ0n) is 20.7. The second-order valence-electron chi connectivity index (χ2n) is 9.32. The Balaban J connectivity index is 1.46. The number of esters is 1. The first kappa shape index (κ1) is 25.4. The number of piperidine rings is 1. The van der Waals surface area contributed by atoms with Gasteiger partial charge in [-0.05, 0) is 42.5 Å². The molecule has 2 aromatic carbocycles. The molecule has 9 nitrogen and oxygen atoms in total. The lowest BCUT2D eigenvalue weighted by Crippen LogP contribution is -2.56. The number of ether oxygens (including phenoxy) is 1. The molecular weight excluding hydrogens is 460 g/mol. The van der Waals surface area contributed by atoms with Gasteiger partial charge in [-0.25, -0.2) is 4.79 Å². The Morgan fingerprint density at radius 3 is 2.25 bits per heavy atom. The lowest BCUT2D eigenvalue weighted by atomic mass is 9.85. The molecule has 9 heteroatoms. The molecule has 1 N–H and O–H groups in total. The summed E-state index contributed by atoms with van der Waals surface area (Å²) in [5.41, 5.74) is 1.98. The third-order valence-electron chi connectivity index (χ3n) is 6.97. The highest BCUT2D eigenvalue weighted by Crippen LogP contribution is 2.38. The summed E-state index contributed by atoms with van der Waals surface area (Å²) < 4.78 is 4.73. The maximum atomic E-state index is 13.6. The molecule has 36 heavy (non-hydrogen) atoms. The van der Waals surface area contributed by atoms with Crippen molar-refractivity contribution in [3.05, 3.63) is 65.7 Å². The van der Waals surface area contributed by atoms with Gasteiger partial charge in [0.25, 0.3) is 5.91 Å². The van der Waals surface area contributed by atoms with E-state index in [2.05, 4.69) is 10.2 Å². The SMILES string of the molecule is COC(=O)CN1C(=O)N(CCc2ccccc2)C2(CCN(Cc3ccc(NC(C)=O)cc3)CC2)C1=O. The van der Waals surface area contributed by atoms with Gasteiger partial charge in [0.2, 0.25) is 5.91 Å². The summed E-state index contributed by atoms with van der Waals surface area (Å²) >= 11 is 0. The van der Waals surface area contributed by atoms with Crippen LogP contribution >= 0.6 is 0 Å². The van der Waals surface area contributed by atoms with Crippen LogP contribution in [0.2, 0.25) is 0 Å². The van der Waals surface area contributed by atoms with E-state index in [0.717, 1.165) is 21.7 Å². The van der Waals surface area contributed by atoms with Crippen molar-refractivity contribution in [1.82, 2.24) is 14.7 Å². The second-order valence-corrected chi connectivity index (χ2v) is 9.32. The van der Waals surface area contributed by atoms with E-state index in [4.69, 9.17) is 4.74 Å². The highest BCUT2D eigenvalue weighted by molar-refractivity contribution is 6.08. The molecule has 0 unspecified atom stereocenters. The predicted octanol–water partition coefficient (Wildman–Crippen LogP) is 2.66. The van der Waals surface area contributed by atoms with Gasteiger partial charge in [0, 0.05) is 38.8 Å². The van der Waals surface area contributed by atoms with Gasteiger partial charge in [0.1, 0.15) is 12.1 Å². The fraction of sp³-hybridized carbons (Fsp3) is 0.407. The largest absolute Gasteiger partial charge is 0.468 e. The highest BCUT2D eigenvalue weighted by atomic mass is 16.5. The number of benzene rings is 2. The summed E-state index contributed by atoms with van der Waals surface area (Å²) in [7, 11) is 1.25. The van der Waals surface area contributed by atoms with Gasteiger partial charge in [-0.3, -0.25) is 24.2 Å². The third-order valence-corrected chi connectivity index (χ3v) is 6.97. The van der Waals surface area contributed by atoms with Crippen LogP contribution in [-0.2, 0) is 32.1 Å². The number of anilines is 1. The predicted molar refractivity (Wildman–Crippen MR) is 134 cm³/mol. The molecule has 2 saturated heterocycles. The van der Waals surface area contributed by atoms with Crippen LogP contribution < -0.4 is 5.32 Å². The fourth-order valence-corrected chi connectivity index (χ4v) is 5.03. The number of hydrogen-bond donors (Lipinski definition) is 1. The summed E-state index contributed by atoms with van der Waals surface area (Å²) in [6.07, 6.45) is 1.61. The molecule has 2 heterocycles. The van der Waals surface area contributed by atoms with Crippen LogP contribution in [0, 0.1) is 0 Å². The van der Waals surface area contributed by atoms with Gasteiger partial charge in [0.05, 0.1) is 7.11 Å². The van der Waals surface area contributed by atoms with Crippen LogP contribution in [0.15, 0.2) is 54.6 Å². The molecule has 190 valence electrons. The van der Waals surface area contributed by atoms with Gasteiger partial charge < -0.3 is 15.0 Å². The Labute approximate surface area is 211 Å². The molecule has 4 rings (SSSR count). The lowest BCUT2D eigenvalue weighted by Gasteiger charge is -2.42. The lowest BCUT2D eigenvalue weighted by molar-refractivity contribution is -0.146. The molecule has 2 aliphatic rings. The van der Waals surface area contributed by atoms with E-state index >= 15 is 0 Å². The summed E-state index contributed by atoms with van der Waals surface area (Å²) in [6.45, 7) is 3.48. The molecule has 2 aromatic rings. The van der Waals surface area contributed by atoms with Crippen molar-refractivity contribution >= 4 is 29.5 Å². The number of carbonyl (C=O) groups is 4. The fourth-order valence-electron chi connectivity index (χ4n) is 5.03. The van der Waals surface area contributed by atoms with E-state index in [1.807, 2.05) is 54.6 Å². The Hall–Kier alpha value is -3.72. The molecule has 0 aliphatic carbocycles. The van der Waals surface area contributed by atoms with Crippen LogP contribution in [-0.4, -0.2) is 77.3 Å². The number of nitrogens with one attached hydrogen (secondary N) is 1. The van der Waals surface area contributed by atoms with Gasteiger partial charge in [-0.2, -0.15) is 0 Å². The molecule has 4 amide bonds. The molecule has 2 fully saturated rings. The number of methoxy groups -OCH3 is 1. The maximum Gasteiger partial charge on any atom is 0.328 e. The first-order chi connectivity index (χ1) is 17.3. The number of carbonyl (C=O) groups excluding carboxylic acids is 4. The van der Waals surface area contributed by atoms with E-state index in [1.54, 1.807) is 4.90 Å². The summed E-state index contributed by atoms with van der Waals surface area (Å²) in [4.78, 5) is 55.0. The van der Waals surface area contributed by atoms with Gasteiger partial charge in [-0.1, -0.05) is 42.5 Å². The van der Waals surface area contributed by atoms with Crippen LogP contribution in [0.4, 0.5) is 10.5 Å². The zero-order chi connectivity index (χ0) is 25.7. The van der Waals surface area contributed by atoms with E-state index in [0.29, 0.717) is 45.4 Å². The minimum atomic E-state index is -0.953. The topological polar surface area (TPSA) is 99.3 Å². The Bertz CT molecular complexity index is 1110. The van der Waals surface area contributed by atoms with Crippen LogP contribution in [0.5, 0.6) is 0 Å². The van der Waals surface area contributed by atoms with Crippen LogP contribution in [0.25, 0.3) is 0 Å². The Morgan fingerprint density at radius 1 is 0.972 bits per heavy atom. The average Bonchev–Trinajstić information content (AvgIpc) is 3.06. The molecule has 2 aliphatic heterocycles. The third kappa shape index (κ3) is 5.41. The average molecular weight is 493 g/mol. The van der Waals surface area contributed by atoms with E-state index < -0.39 is 17.5 Å². The first-order valence-corrected chi connectivity index (χ1v) is 12.2. The van der Waals surface area contributed by atoms with E-state index in [9.17, 15) is 19.2 Å². The van der Waals surface area contributed by atoms with Crippen molar-refractivity contribution in [3.8, 4) is 0 Å². The van der Waals surface area contributed by atoms with Crippen molar-refractivity contribution in [2.45, 2.75) is 38.3 Å². The monoisotopic (exact) mass is 492 g/mol. The van der Waals surface area contributed by atoms with Gasteiger partial charge in [-0.15, -0.1) is 0 Å². The van der Waals surface area contributed by atoms with Crippen LogP contribution in [0.3, 0.4) is 0 Å². The number of rotatable bonds is 8. The van der Waals surface area contributed by atoms with Crippen molar-refractivity contribution in [2.24, 2.45) is 0 Å². The summed E-state index contributed by atoms with van der Waals surface area (Å²) in [5.74, 6) is -1.04. The number of urea groups is 1. The highest BCUT2D eigenvalue weighted by Gasteiger charge is 2.58.